The van der Waals surface area contributed by atoms with E-state index in [1.54, 1.807) is 18.3 Å². The zero-order valence-corrected chi connectivity index (χ0v) is 29.5. The molecule has 0 radical (unpaired) electrons. The van der Waals surface area contributed by atoms with Crippen molar-refractivity contribution in [3.63, 3.8) is 0 Å². The quantitative estimate of drug-likeness (QED) is 0.0424. The van der Waals surface area contributed by atoms with Crippen molar-refractivity contribution in [2.75, 3.05) is 99.1 Å². The van der Waals surface area contributed by atoms with Crippen molar-refractivity contribution in [2.45, 2.75) is 31.4 Å². The highest BCUT2D eigenvalue weighted by molar-refractivity contribution is 7.86. The number of rotatable bonds is 29. The molecule has 0 amide bonds. The molecule has 1 aromatic carbocycles. The normalized spacial score (nSPS) is 13.3. The van der Waals surface area contributed by atoms with Crippen molar-refractivity contribution < 1.29 is 60.4 Å². The standard InChI is InChI=1S/C34H48N2O13S/c1-5-14-41-17-20-44-23-24-46-22-19-43-16-13-36-12-11-31(35-36)32(37)49-33(48-28-27-47-26-25-45-21-18-42-15-6-2)34(4,50(38,39)40)30-9-7-29(3)8-10-30/h1-2,7-12,33H,13-28H2,3-4H3,(H,38,39,40). The zero-order chi connectivity index (χ0) is 36.5. The molecule has 0 aliphatic rings. The third kappa shape index (κ3) is 16.1. The zero-order valence-electron chi connectivity index (χ0n) is 28.7. The smallest absolute Gasteiger partial charge is 0.361 e. The molecule has 15 nitrogen and oxygen atoms in total. The van der Waals surface area contributed by atoms with Gasteiger partial charge >= 0.3 is 5.97 Å². The van der Waals surface area contributed by atoms with Crippen molar-refractivity contribution in [3.05, 3.63) is 53.3 Å². The first-order chi connectivity index (χ1) is 24.1. The largest absolute Gasteiger partial charge is 0.429 e. The van der Waals surface area contributed by atoms with Gasteiger partial charge in [0.25, 0.3) is 10.1 Å². The first-order valence-corrected chi connectivity index (χ1v) is 17.4. The first-order valence-electron chi connectivity index (χ1n) is 15.9. The Balaban J connectivity index is 1.89. The molecule has 2 unspecified atom stereocenters. The highest BCUT2D eigenvalue weighted by Crippen LogP contribution is 2.36. The lowest BCUT2D eigenvalue weighted by molar-refractivity contribution is -0.141. The molecule has 16 heteroatoms. The highest BCUT2D eigenvalue weighted by Gasteiger charge is 2.51. The van der Waals surface area contributed by atoms with Gasteiger partial charge in [-0.2, -0.15) is 13.5 Å². The van der Waals surface area contributed by atoms with Crippen LogP contribution in [0, 0.1) is 31.6 Å². The summed E-state index contributed by atoms with van der Waals surface area (Å²) in [7, 11) is -4.91. The number of carbonyl (C=O) groups is 1. The predicted octanol–water partition coefficient (Wildman–Crippen LogP) is 1.88. The molecular formula is C34H48N2O13S. The van der Waals surface area contributed by atoms with E-state index in [0.717, 1.165) is 5.56 Å². The third-order valence-corrected chi connectivity index (χ3v) is 8.37. The molecule has 1 heterocycles. The fourth-order valence-corrected chi connectivity index (χ4v) is 4.88. The SMILES string of the molecule is C#CCOCCOCCOCCOCCn1ccc(C(=O)OC(OCCOCCOCCOCC#C)C(C)(c2ccc(C)cc2)S(=O)(=O)O)n1. The summed E-state index contributed by atoms with van der Waals surface area (Å²) >= 11 is 0. The second-order valence-electron chi connectivity index (χ2n) is 10.6. The summed E-state index contributed by atoms with van der Waals surface area (Å²) in [6.07, 6.45) is 9.99. The van der Waals surface area contributed by atoms with E-state index in [1.165, 1.54) is 29.8 Å². The summed E-state index contributed by atoms with van der Waals surface area (Å²) in [5.41, 5.74) is 0.896. The number of benzene rings is 1. The summed E-state index contributed by atoms with van der Waals surface area (Å²) < 4.78 is 84.2. The Morgan fingerprint density at radius 1 is 0.780 bits per heavy atom. The molecule has 0 fully saturated rings. The van der Waals surface area contributed by atoms with Gasteiger partial charge in [-0.05, 0) is 25.5 Å². The summed E-state index contributed by atoms with van der Waals surface area (Å²) in [5, 5.41) is 4.22. The molecular weight excluding hydrogens is 676 g/mol. The molecule has 2 atom stereocenters. The van der Waals surface area contributed by atoms with Gasteiger partial charge in [0.05, 0.1) is 92.4 Å². The van der Waals surface area contributed by atoms with Crippen LogP contribution in [0.15, 0.2) is 36.5 Å². The van der Waals surface area contributed by atoms with Crippen LogP contribution < -0.4 is 0 Å². The van der Waals surface area contributed by atoms with Gasteiger partial charge in [0.15, 0.2) is 10.4 Å². The number of aryl methyl sites for hydroxylation is 1. The Kier molecular flexibility index (Phi) is 21.1. The minimum atomic E-state index is -4.91. The summed E-state index contributed by atoms with van der Waals surface area (Å²) in [4.78, 5) is 13.2. The number of ether oxygens (including phenoxy) is 9. The molecule has 0 aliphatic carbocycles. The molecule has 0 saturated heterocycles. The monoisotopic (exact) mass is 724 g/mol. The molecule has 0 spiro atoms. The van der Waals surface area contributed by atoms with E-state index in [9.17, 15) is 17.8 Å². The number of hydrogen-bond donors (Lipinski definition) is 1. The van der Waals surface area contributed by atoms with Crippen LogP contribution in [0.5, 0.6) is 0 Å². The molecule has 1 N–H and O–H groups in total. The average molecular weight is 725 g/mol. The second kappa shape index (κ2) is 24.7. The van der Waals surface area contributed by atoms with E-state index in [-0.39, 0.29) is 57.5 Å². The topological polar surface area (TPSA) is 172 Å². The fourth-order valence-electron chi connectivity index (χ4n) is 4.08. The van der Waals surface area contributed by atoms with Gasteiger partial charge in [-0.1, -0.05) is 41.7 Å². The van der Waals surface area contributed by atoms with Gasteiger partial charge in [0.2, 0.25) is 6.29 Å². The van der Waals surface area contributed by atoms with Crippen LogP contribution >= 0.6 is 0 Å². The van der Waals surface area contributed by atoms with E-state index in [0.29, 0.717) is 59.4 Å². The fraction of sp³-hybridized carbons (Fsp3) is 0.588. The Morgan fingerprint density at radius 2 is 1.24 bits per heavy atom. The number of esters is 1. The van der Waals surface area contributed by atoms with E-state index in [4.69, 9.17) is 55.5 Å². The van der Waals surface area contributed by atoms with Crippen LogP contribution in [-0.4, -0.2) is 134 Å². The number of terminal acetylenes is 2. The summed E-state index contributed by atoms with van der Waals surface area (Å²) in [6.45, 7) is 7.47. The molecule has 0 bridgehead atoms. The Morgan fingerprint density at radius 3 is 1.72 bits per heavy atom. The van der Waals surface area contributed by atoms with Crippen molar-refractivity contribution in [3.8, 4) is 24.7 Å². The maximum absolute atomic E-state index is 13.2. The Labute approximate surface area is 294 Å². The lowest BCUT2D eigenvalue weighted by Gasteiger charge is -2.34. The van der Waals surface area contributed by atoms with E-state index in [1.807, 2.05) is 6.92 Å². The number of aromatic nitrogens is 2. The number of hydrogen-bond acceptors (Lipinski definition) is 13. The molecule has 1 aromatic heterocycles. The van der Waals surface area contributed by atoms with Gasteiger partial charge in [-0.3, -0.25) is 9.23 Å². The summed E-state index contributed by atoms with van der Waals surface area (Å²) in [5.74, 6) is 3.77. The number of nitrogens with zero attached hydrogens (tertiary/aromatic N) is 2. The maximum atomic E-state index is 13.2. The van der Waals surface area contributed by atoms with Crippen LogP contribution in [0.25, 0.3) is 0 Å². The Bertz CT molecular complexity index is 1420. The predicted molar refractivity (Wildman–Crippen MR) is 181 cm³/mol. The summed E-state index contributed by atoms with van der Waals surface area (Å²) in [6, 6.07) is 7.79. The van der Waals surface area contributed by atoms with Crippen molar-refractivity contribution in [1.82, 2.24) is 9.78 Å². The van der Waals surface area contributed by atoms with Crippen LogP contribution in [0.1, 0.15) is 28.5 Å². The lowest BCUT2D eigenvalue weighted by Crippen LogP contribution is -2.48. The number of carbonyl (C=O) groups excluding carboxylic acids is 1. The first kappa shape index (κ1) is 42.8. The second-order valence-corrected chi connectivity index (χ2v) is 12.4. The molecule has 50 heavy (non-hydrogen) atoms. The average Bonchev–Trinajstić information content (AvgIpc) is 3.57. The lowest BCUT2D eigenvalue weighted by atomic mass is 9.98. The van der Waals surface area contributed by atoms with Crippen LogP contribution in [-0.2, 0) is 64.0 Å². The highest BCUT2D eigenvalue weighted by atomic mass is 32.2. The minimum Gasteiger partial charge on any atom is -0.429 e. The van der Waals surface area contributed by atoms with Crippen molar-refractivity contribution in [2.24, 2.45) is 0 Å². The van der Waals surface area contributed by atoms with Gasteiger partial charge in [0.1, 0.15) is 13.2 Å². The van der Waals surface area contributed by atoms with Crippen LogP contribution in [0.4, 0.5) is 0 Å². The Hall–Kier alpha value is -3.39. The van der Waals surface area contributed by atoms with E-state index in [2.05, 4.69) is 16.9 Å². The van der Waals surface area contributed by atoms with Crippen molar-refractivity contribution >= 4 is 16.1 Å². The third-order valence-electron chi connectivity index (χ3n) is 6.87. The minimum absolute atomic E-state index is 0.0110. The van der Waals surface area contributed by atoms with E-state index >= 15 is 0 Å². The molecule has 0 saturated carbocycles. The van der Waals surface area contributed by atoms with E-state index < -0.39 is 27.1 Å². The van der Waals surface area contributed by atoms with Crippen LogP contribution in [0.3, 0.4) is 0 Å². The van der Waals surface area contributed by atoms with Gasteiger partial charge in [-0.15, -0.1) is 12.8 Å². The van der Waals surface area contributed by atoms with Crippen LogP contribution in [0.2, 0.25) is 0 Å². The molecule has 2 aromatic rings. The van der Waals surface area contributed by atoms with Gasteiger partial charge in [-0.25, -0.2) is 4.79 Å². The van der Waals surface area contributed by atoms with Crippen molar-refractivity contribution in [1.29, 1.82) is 0 Å². The molecule has 2 rings (SSSR count). The maximum Gasteiger partial charge on any atom is 0.361 e. The molecule has 0 aliphatic heterocycles. The van der Waals surface area contributed by atoms with Gasteiger partial charge < -0.3 is 42.6 Å². The van der Waals surface area contributed by atoms with Gasteiger partial charge in [0, 0.05) is 6.20 Å². The molecule has 278 valence electrons.